The van der Waals surface area contributed by atoms with Crippen molar-refractivity contribution in [2.24, 2.45) is 0 Å². The lowest BCUT2D eigenvalue weighted by Gasteiger charge is -2.22. The third-order valence-electron chi connectivity index (χ3n) is 2.99. The molecule has 0 spiro atoms. The molecule has 1 aliphatic carbocycles. The van der Waals surface area contributed by atoms with E-state index in [0.717, 1.165) is 0 Å². The Bertz CT molecular complexity index is 334. The Balaban J connectivity index is 2.39. The molecule has 0 bridgehead atoms. The molecule has 0 saturated heterocycles. The first-order valence-corrected chi connectivity index (χ1v) is 5.55. The summed E-state index contributed by atoms with van der Waals surface area (Å²) in [6, 6.07) is 2.31. The fourth-order valence-electron chi connectivity index (χ4n) is 2.02. The monoisotopic (exact) mass is 189 g/mol. The van der Waals surface area contributed by atoms with Crippen LogP contribution in [0.15, 0.2) is 12.3 Å². The van der Waals surface area contributed by atoms with Crippen LogP contribution in [0.1, 0.15) is 50.4 Å². The molecule has 1 heterocycles. The van der Waals surface area contributed by atoms with Crippen molar-refractivity contribution in [2.45, 2.75) is 51.9 Å². The fourth-order valence-corrected chi connectivity index (χ4v) is 2.02. The normalized spacial score (nSPS) is 16.5. The Morgan fingerprint density at radius 3 is 2.36 bits per heavy atom. The van der Waals surface area contributed by atoms with Gasteiger partial charge in [-0.1, -0.05) is 20.8 Å². The van der Waals surface area contributed by atoms with Gasteiger partial charge in [0.1, 0.15) is 0 Å². The summed E-state index contributed by atoms with van der Waals surface area (Å²) in [7, 11) is 0. The average molecular weight is 189 g/mol. The molecular formula is C13H19N. The van der Waals surface area contributed by atoms with Gasteiger partial charge in [-0.15, -0.1) is 0 Å². The molecule has 0 amide bonds. The third kappa shape index (κ3) is 1.82. The van der Waals surface area contributed by atoms with Crippen LogP contribution in [0.5, 0.6) is 0 Å². The molecule has 0 aliphatic heterocycles. The van der Waals surface area contributed by atoms with Crippen LogP contribution in [-0.2, 0) is 18.3 Å². The highest BCUT2D eigenvalue weighted by Crippen LogP contribution is 2.26. The van der Waals surface area contributed by atoms with Gasteiger partial charge in [-0.2, -0.15) is 0 Å². The summed E-state index contributed by atoms with van der Waals surface area (Å²) in [6.45, 7) is 6.68. The van der Waals surface area contributed by atoms with E-state index < -0.39 is 0 Å². The Kier molecular flexibility index (Phi) is 2.34. The summed E-state index contributed by atoms with van der Waals surface area (Å²) in [5.41, 5.74) is 4.44. The molecule has 0 aromatic carbocycles. The molecule has 1 aliphatic rings. The highest BCUT2D eigenvalue weighted by atomic mass is 14.7. The summed E-state index contributed by atoms with van der Waals surface area (Å²) < 4.78 is 0. The summed E-state index contributed by atoms with van der Waals surface area (Å²) in [6.07, 6.45) is 7.26. The second-order valence-electron chi connectivity index (χ2n) is 5.30. The number of rotatable bonds is 0. The molecule has 1 aromatic rings. The molecule has 0 atom stereocenters. The predicted octanol–water partition coefficient (Wildman–Crippen LogP) is 3.26. The molecule has 1 nitrogen and oxygen atoms in total. The molecule has 0 radical (unpaired) electrons. The molecule has 1 aromatic heterocycles. The highest BCUT2D eigenvalue weighted by molar-refractivity contribution is 5.31. The molecule has 0 N–H and O–H groups in total. The number of hydrogen-bond donors (Lipinski definition) is 0. The average Bonchev–Trinajstić information content (AvgIpc) is 2.16. The molecule has 0 unspecified atom stereocenters. The first kappa shape index (κ1) is 9.70. The van der Waals surface area contributed by atoms with Gasteiger partial charge in [-0.25, -0.2) is 0 Å². The Morgan fingerprint density at radius 1 is 1.07 bits per heavy atom. The zero-order valence-electron chi connectivity index (χ0n) is 9.43. The van der Waals surface area contributed by atoms with E-state index in [2.05, 4.69) is 38.0 Å². The van der Waals surface area contributed by atoms with Crippen LogP contribution < -0.4 is 0 Å². The maximum Gasteiger partial charge on any atom is 0.0459 e. The number of hydrogen-bond acceptors (Lipinski definition) is 1. The molecular weight excluding hydrogens is 170 g/mol. The lowest BCUT2D eigenvalue weighted by molar-refractivity contribution is 0.563. The second-order valence-corrected chi connectivity index (χ2v) is 5.30. The van der Waals surface area contributed by atoms with Crippen molar-refractivity contribution in [3.8, 4) is 0 Å². The van der Waals surface area contributed by atoms with E-state index in [1.165, 1.54) is 42.5 Å². The van der Waals surface area contributed by atoms with Crippen LogP contribution in [0.3, 0.4) is 0 Å². The quantitative estimate of drug-likeness (QED) is 0.610. The molecule has 0 saturated carbocycles. The van der Waals surface area contributed by atoms with Crippen molar-refractivity contribution in [3.63, 3.8) is 0 Å². The Morgan fingerprint density at radius 2 is 1.71 bits per heavy atom. The van der Waals surface area contributed by atoms with Crippen LogP contribution in [0, 0.1) is 0 Å². The minimum Gasteiger partial charge on any atom is -0.260 e. The number of nitrogens with zero attached hydrogens (tertiary/aromatic N) is 1. The van der Waals surface area contributed by atoms with Gasteiger partial charge in [0.25, 0.3) is 0 Å². The van der Waals surface area contributed by atoms with E-state index in [9.17, 15) is 0 Å². The number of aromatic nitrogens is 1. The summed E-state index contributed by atoms with van der Waals surface area (Å²) in [5.74, 6) is 0. The van der Waals surface area contributed by atoms with Gasteiger partial charge >= 0.3 is 0 Å². The molecule has 1 heteroatoms. The van der Waals surface area contributed by atoms with Gasteiger partial charge in [-0.05, 0) is 42.9 Å². The Labute approximate surface area is 86.6 Å². The zero-order chi connectivity index (χ0) is 10.2. The smallest absolute Gasteiger partial charge is 0.0459 e. The lowest BCUT2D eigenvalue weighted by atomic mass is 9.87. The van der Waals surface area contributed by atoms with Crippen molar-refractivity contribution < 1.29 is 0 Å². The van der Waals surface area contributed by atoms with Crippen molar-refractivity contribution in [1.82, 2.24) is 4.98 Å². The highest BCUT2D eigenvalue weighted by Gasteiger charge is 2.18. The lowest BCUT2D eigenvalue weighted by Crippen LogP contribution is -2.15. The van der Waals surface area contributed by atoms with E-state index in [1.807, 2.05) is 0 Å². The fraction of sp³-hybridized carbons (Fsp3) is 0.615. The van der Waals surface area contributed by atoms with Gasteiger partial charge in [-0.3, -0.25) is 4.98 Å². The molecule has 14 heavy (non-hydrogen) atoms. The van der Waals surface area contributed by atoms with Crippen LogP contribution in [0.4, 0.5) is 0 Å². The zero-order valence-corrected chi connectivity index (χ0v) is 9.43. The van der Waals surface area contributed by atoms with Crippen molar-refractivity contribution in [1.29, 1.82) is 0 Å². The van der Waals surface area contributed by atoms with Crippen molar-refractivity contribution in [3.05, 3.63) is 29.1 Å². The minimum absolute atomic E-state index is 0.187. The molecule has 2 rings (SSSR count). The minimum atomic E-state index is 0.187. The standard InChI is InChI=1S/C13H19N/c1-13(2,3)12-8-10-6-4-5-7-11(10)9-14-12/h8-9H,4-7H2,1-3H3. The van der Waals surface area contributed by atoms with Gasteiger partial charge in [0, 0.05) is 17.3 Å². The molecule has 0 fully saturated rings. The first-order chi connectivity index (χ1) is 6.57. The van der Waals surface area contributed by atoms with Gasteiger partial charge in [0.2, 0.25) is 0 Å². The van der Waals surface area contributed by atoms with Crippen molar-refractivity contribution >= 4 is 0 Å². The maximum absolute atomic E-state index is 4.56. The number of pyridine rings is 1. The van der Waals surface area contributed by atoms with Gasteiger partial charge in [0.05, 0.1) is 0 Å². The summed E-state index contributed by atoms with van der Waals surface area (Å²) in [4.78, 5) is 4.56. The first-order valence-electron chi connectivity index (χ1n) is 5.55. The van der Waals surface area contributed by atoms with E-state index >= 15 is 0 Å². The van der Waals surface area contributed by atoms with E-state index in [-0.39, 0.29) is 5.41 Å². The second kappa shape index (κ2) is 3.38. The largest absolute Gasteiger partial charge is 0.260 e. The number of aryl methyl sites for hydroxylation is 2. The van der Waals surface area contributed by atoms with Crippen LogP contribution >= 0.6 is 0 Å². The van der Waals surface area contributed by atoms with E-state index in [1.54, 1.807) is 0 Å². The van der Waals surface area contributed by atoms with Crippen LogP contribution in [0.2, 0.25) is 0 Å². The van der Waals surface area contributed by atoms with Gasteiger partial charge < -0.3 is 0 Å². The number of fused-ring (bicyclic) bond motifs is 1. The van der Waals surface area contributed by atoms with E-state index in [4.69, 9.17) is 0 Å². The van der Waals surface area contributed by atoms with Crippen LogP contribution in [-0.4, -0.2) is 4.98 Å². The van der Waals surface area contributed by atoms with Crippen molar-refractivity contribution in [2.75, 3.05) is 0 Å². The SMILES string of the molecule is CC(C)(C)c1cc2c(cn1)CCCC2. The van der Waals surface area contributed by atoms with E-state index in [0.29, 0.717) is 0 Å². The third-order valence-corrected chi connectivity index (χ3v) is 2.99. The maximum atomic E-state index is 4.56. The molecule has 76 valence electrons. The van der Waals surface area contributed by atoms with Crippen LogP contribution in [0.25, 0.3) is 0 Å². The topological polar surface area (TPSA) is 12.9 Å². The predicted molar refractivity (Wildman–Crippen MR) is 59.6 cm³/mol. The Hall–Kier alpha value is -0.850. The summed E-state index contributed by atoms with van der Waals surface area (Å²) >= 11 is 0. The summed E-state index contributed by atoms with van der Waals surface area (Å²) in [5, 5.41) is 0. The van der Waals surface area contributed by atoms with Gasteiger partial charge in [0.15, 0.2) is 0 Å².